The number of nitrogens with zero attached hydrogens (tertiary/aromatic N) is 4. The highest BCUT2D eigenvalue weighted by molar-refractivity contribution is 6.01. The number of nitrogens with one attached hydrogen (secondary N) is 2. The zero-order valence-electron chi connectivity index (χ0n) is 23.0. The van der Waals surface area contributed by atoms with Crippen LogP contribution in [0.4, 0.5) is 23.1 Å². The first-order valence-corrected chi connectivity index (χ1v) is 13.9. The van der Waals surface area contributed by atoms with E-state index < -0.39 is 5.41 Å². The van der Waals surface area contributed by atoms with Gasteiger partial charge in [-0.2, -0.15) is 4.98 Å². The molecule has 5 rings (SSSR count). The van der Waals surface area contributed by atoms with Crippen molar-refractivity contribution in [1.82, 2.24) is 15.3 Å². The van der Waals surface area contributed by atoms with E-state index >= 15 is 0 Å². The summed E-state index contributed by atoms with van der Waals surface area (Å²) in [6.07, 6.45) is 11.9. The minimum atomic E-state index is -0.539. The van der Waals surface area contributed by atoms with Crippen molar-refractivity contribution >= 4 is 35.0 Å². The van der Waals surface area contributed by atoms with Gasteiger partial charge < -0.3 is 25.2 Å². The minimum absolute atomic E-state index is 0.0623. The Balaban J connectivity index is 1.41. The molecule has 2 N–H and O–H groups in total. The Morgan fingerprint density at radius 3 is 2.50 bits per heavy atom. The van der Waals surface area contributed by atoms with Crippen LogP contribution in [-0.4, -0.2) is 54.6 Å². The van der Waals surface area contributed by atoms with Crippen LogP contribution in [0, 0.1) is 5.41 Å². The number of benzene rings is 1. The number of methoxy groups -OCH3 is 1. The Morgan fingerprint density at radius 1 is 1.08 bits per heavy atom. The standard InChI is InChI=1S/C29H40N6O3/c1-29(2)18-35(21-12-8-9-13-21)25-23(34(3)27(29)37)17-30-28(33-25)32-22-15-14-19(16-24(22)38-4)26(36)31-20-10-6-5-7-11-20/h14-17,20-21H,5-13,18H2,1-4H3,(H,31,36)(H,30,32,33). The smallest absolute Gasteiger partial charge is 0.251 e. The van der Waals surface area contributed by atoms with Gasteiger partial charge in [-0.3, -0.25) is 9.59 Å². The lowest BCUT2D eigenvalue weighted by atomic mass is 9.91. The van der Waals surface area contributed by atoms with Crippen LogP contribution >= 0.6 is 0 Å². The summed E-state index contributed by atoms with van der Waals surface area (Å²) in [5.41, 5.74) is 1.42. The fourth-order valence-corrected chi connectivity index (χ4v) is 6.10. The van der Waals surface area contributed by atoms with E-state index in [1.54, 1.807) is 37.4 Å². The van der Waals surface area contributed by atoms with Crippen LogP contribution in [0.2, 0.25) is 0 Å². The third-order valence-electron chi connectivity index (χ3n) is 8.25. The number of anilines is 4. The lowest BCUT2D eigenvalue weighted by molar-refractivity contribution is -0.125. The van der Waals surface area contributed by atoms with Gasteiger partial charge in [0.05, 0.1) is 24.4 Å². The van der Waals surface area contributed by atoms with Gasteiger partial charge >= 0.3 is 0 Å². The van der Waals surface area contributed by atoms with Gasteiger partial charge in [-0.1, -0.05) is 32.1 Å². The normalized spacial score (nSPS) is 20.2. The van der Waals surface area contributed by atoms with Crippen LogP contribution in [0.25, 0.3) is 0 Å². The molecular weight excluding hydrogens is 480 g/mol. The van der Waals surface area contributed by atoms with Crippen molar-refractivity contribution in [3.8, 4) is 5.75 Å². The maximum Gasteiger partial charge on any atom is 0.251 e. The van der Waals surface area contributed by atoms with E-state index in [2.05, 4.69) is 20.5 Å². The molecule has 2 amide bonds. The predicted molar refractivity (Wildman–Crippen MR) is 149 cm³/mol. The molecule has 2 heterocycles. The average Bonchev–Trinajstić information content (AvgIpc) is 3.44. The van der Waals surface area contributed by atoms with E-state index in [9.17, 15) is 9.59 Å². The molecule has 0 saturated heterocycles. The van der Waals surface area contributed by atoms with Crippen molar-refractivity contribution in [2.45, 2.75) is 83.7 Å². The monoisotopic (exact) mass is 520 g/mol. The Morgan fingerprint density at radius 2 is 1.79 bits per heavy atom. The van der Waals surface area contributed by atoms with Crippen LogP contribution in [0.15, 0.2) is 24.4 Å². The molecule has 1 aromatic heterocycles. The van der Waals surface area contributed by atoms with Crippen LogP contribution in [0.1, 0.15) is 82.0 Å². The number of fused-ring (bicyclic) bond motifs is 1. The van der Waals surface area contributed by atoms with E-state index in [0.717, 1.165) is 50.0 Å². The maximum absolute atomic E-state index is 13.2. The summed E-state index contributed by atoms with van der Waals surface area (Å²) in [5.74, 6) is 1.72. The quantitative estimate of drug-likeness (QED) is 0.550. The molecule has 9 nitrogen and oxygen atoms in total. The van der Waals surface area contributed by atoms with Crippen molar-refractivity contribution in [2.24, 2.45) is 5.41 Å². The highest BCUT2D eigenvalue weighted by Crippen LogP contribution is 2.40. The molecule has 9 heteroatoms. The number of hydrogen-bond acceptors (Lipinski definition) is 7. The predicted octanol–water partition coefficient (Wildman–Crippen LogP) is 5.04. The summed E-state index contributed by atoms with van der Waals surface area (Å²) in [7, 11) is 3.39. The molecule has 0 bridgehead atoms. The van der Waals surface area contributed by atoms with Gasteiger partial charge in [0.15, 0.2) is 5.82 Å². The molecule has 204 valence electrons. The fraction of sp³-hybridized carbons (Fsp3) is 0.586. The van der Waals surface area contributed by atoms with E-state index in [1.165, 1.54) is 19.3 Å². The Hall–Kier alpha value is -3.36. The third-order valence-corrected chi connectivity index (χ3v) is 8.25. The summed E-state index contributed by atoms with van der Waals surface area (Å²) < 4.78 is 5.63. The van der Waals surface area contributed by atoms with Crippen LogP contribution in [0.3, 0.4) is 0 Å². The summed E-state index contributed by atoms with van der Waals surface area (Å²) in [6.45, 7) is 4.62. The van der Waals surface area contributed by atoms with Crippen LogP contribution in [0.5, 0.6) is 5.75 Å². The highest BCUT2D eigenvalue weighted by Gasteiger charge is 2.41. The van der Waals surface area contributed by atoms with E-state index in [4.69, 9.17) is 9.72 Å². The van der Waals surface area contributed by atoms with Crippen molar-refractivity contribution in [3.05, 3.63) is 30.0 Å². The molecule has 1 aromatic carbocycles. The number of hydrogen-bond donors (Lipinski definition) is 2. The summed E-state index contributed by atoms with van der Waals surface area (Å²) in [6, 6.07) is 5.98. The lowest BCUT2D eigenvalue weighted by Gasteiger charge is -2.34. The molecular formula is C29H40N6O3. The van der Waals surface area contributed by atoms with E-state index in [1.807, 2.05) is 19.9 Å². The molecule has 0 unspecified atom stereocenters. The van der Waals surface area contributed by atoms with Gasteiger partial charge in [-0.05, 0) is 57.7 Å². The molecule has 3 aliphatic rings. The Bertz CT molecular complexity index is 1190. The first kappa shape index (κ1) is 26.3. The molecule has 38 heavy (non-hydrogen) atoms. The largest absolute Gasteiger partial charge is 0.495 e. The second kappa shape index (κ2) is 10.8. The van der Waals surface area contributed by atoms with Gasteiger partial charge in [0.25, 0.3) is 5.91 Å². The van der Waals surface area contributed by atoms with Crippen molar-refractivity contribution in [3.63, 3.8) is 0 Å². The molecule has 0 radical (unpaired) electrons. The number of ether oxygens (including phenoxy) is 1. The van der Waals surface area contributed by atoms with Gasteiger partial charge in [0.2, 0.25) is 11.9 Å². The number of aromatic nitrogens is 2. The minimum Gasteiger partial charge on any atom is -0.495 e. The molecule has 0 spiro atoms. The molecule has 0 atom stereocenters. The van der Waals surface area contributed by atoms with E-state index in [0.29, 0.717) is 35.5 Å². The number of carbonyl (C=O) groups is 2. The molecule has 2 aromatic rings. The highest BCUT2D eigenvalue weighted by atomic mass is 16.5. The SMILES string of the molecule is COc1cc(C(=O)NC2CCCCC2)ccc1Nc1ncc2c(n1)N(C1CCCC1)CC(C)(C)C(=O)N2C. The van der Waals surface area contributed by atoms with Crippen molar-refractivity contribution in [1.29, 1.82) is 0 Å². The average molecular weight is 521 g/mol. The molecule has 1 aliphatic heterocycles. The fourth-order valence-electron chi connectivity index (χ4n) is 6.10. The second-order valence-electron chi connectivity index (χ2n) is 11.6. The summed E-state index contributed by atoms with van der Waals surface area (Å²) in [5, 5.41) is 6.45. The van der Waals surface area contributed by atoms with E-state index in [-0.39, 0.29) is 17.9 Å². The number of amides is 2. The van der Waals surface area contributed by atoms with Crippen molar-refractivity contribution in [2.75, 3.05) is 35.8 Å². The summed E-state index contributed by atoms with van der Waals surface area (Å²) in [4.78, 5) is 39.6. The van der Waals surface area contributed by atoms with Gasteiger partial charge in [-0.15, -0.1) is 0 Å². The van der Waals surface area contributed by atoms with Crippen LogP contribution < -0.4 is 25.2 Å². The molecule has 2 aliphatic carbocycles. The Kier molecular flexibility index (Phi) is 7.45. The first-order valence-electron chi connectivity index (χ1n) is 13.9. The zero-order chi connectivity index (χ0) is 26.9. The topological polar surface area (TPSA) is 99.7 Å². The zero-order valence-corrected chi connectivity index (χ0v) is 23.0. The number of rotatable bonds is 6. The maximum atomic E-state index is 13.2. The van der Waals surface area contributed by atoms with Crippen LogP contribution in [-0.2, 0) is 4.79 Å². The van der Waals surface area contributed by atoms with Gasteiger partial charge in [-0.25, -0.2) is 4.98 Å². The molecule has 2 saturated carbocycles. The second-order valence-corrected chi connectivity index (χ2v) is 11.6. The lowest BCUT2D eigenvalue weighted by Crippen LogP contribution is -2.45. The molecule has 2 fully saturated rings. The first-order chi connectivity index (χ1) is 18.3. The number of carbonyl (C=O) groups excluding carboxylic acids is 2. The van der Waals surface area contributed by atoms with Gasteiger partial charge in [0, 0.05) is 31.2 Å². The van der Waals surface area contributed by atoms with Crippen molar-refractivity contribution < 1.29 is 14.3 Å². The third kappa shape index (κ3) is 5.28. The van der Waals surface area contributed by atoms with Gasteiger partial charge in [0.1, 0.15) is 11.4 Å². The Labute approximate surface area is 225 Å². The summed E-state index contributed by atoms with van der Waals surface area (Å²) >= 11 is 0.